The monoisotopic (exact) mass is 211 g/mol. The highest BCUT2D eigenvalue weighted by atomic mass is 16.6. The summed E-state index contributed by atoms with van der Waals surface area (Å²) in [5, 5.41) is 0. The van der Waals surface area contributed by atoms with E-state index in [0.29, 0.717) is 0 Å². The van der Waals surface area contributed by atoms with E-state index < -0.39 is 0 Å². The molecule has 2 fully saturated rings. The Kier molecular flexibility index (Phi) is 2.44. The average molecular weight is 211 g/mol. The molecule has 0 radical (unpaired) electrons. The summed E-state index contributed by atoms with van der Waals surface area (Å²) in [6, 6.07) is 0. The van der Waals surface area contributed by atoms with Gasteiger partial charge in [-0.1, -0.05) is 12.8 Å². The maximum Gasteiger partial charge on any atom is 0.410 e. The molecule has 1 amide bonds. The second-order valence-corrected chi connectivity index (χ2v) is 5.81. The van der Waals surface area contributed by atoms with Gasteiger partial charge >= 0.3 is 6.09 Å². The molecule has 0 N–H and O–H groups in total. The fourth-order valence-corrected chi connectivity index (χ4v) is 2.69. The Hall–Kier alpha value is -0.730. The van der Waals surface area contributed by atoms with Crippen molar-refractivity contribution in [3.8, 4) is 0 Å². The van der Waals surface area contributed by atoms with Crippen molar-refractivity contribution in [2.75, 3.05) is 6.54 Å². The molecule has 0 unspecified atom stereocenters. The zero-order chi connectivity index (χ0) is 11.1. The average Bonchev–Trinajstić information content (AvgIpc) is 2.47. The summed E-state index contributed by atoms with van der Waals surface area (Å²) in [7, 11) is 0. The van der Waals surface area contributed by atoms with E-state index in [2.05, 4.69) is 0 Å². The van der Waals surface area contributed by atoms with Gasteiger partial charge in [0.2, 0.25) is 0 Å². The third-order valence-corrected chi connectivity index (χ3v) is 3.52. The number of carbonyl (C=O) groups excluding carboxylic acids is 1. The van der Waals surface area contributed by atoms with Crippen LogP contribution in [0.5, 0.6) is 0 Å². The molecule has 15 heavy (non-hydrogen) atoms. The summed E-state index contributed by atoms with van der Waals surface area (Å²) < 4.78 is 5.42. The Morgan fingerprint density at radius 3 is 2.20 bits per heavy atom. The number of amides is 1. The van der Waals surface area contributed by atoms with E-state index in [1.807, 2.05) is 25.7 Å². The maximum absolute atomic E-state index is 11.9. The lowest BCUT2D eigenvalue weighted by molar-refractivity contribution is -0.0420. The van der Waals surface area contributed by atoms with E-state index >= 15 is 0 Å². The van der Waals surface area contributed by atoms with Crippen molar-refractivity contribution in [1.29, 1.82) is 0 Å². The Morgan fingerprint density at radius 1 is 1.20 bits per heavy atom. The van der Waals surface area contributed by atoms with Gasteiger partial charge in [0.15, 0.2) is 0 Å². The molecule has 1 saturated carbocycles. The fourth-order valence-electron chi connectivity index (χ4n) is 2.69. The molecule has 0 aromatic rings. The number of nitrogens with zero attached hydrogens (tertiary/aromatic N) is 1. The molecule has 0 bridgehead atoms. The molecule has 1 saturated heterocycles. The standard InChI is InChI=1S/C12H21NO2/c1-11(2,3)15-10(14)13-9-8-12(13)6-4-5-7-12/h4-9H2,1-3H3. The maximum atomic E-state index is 11.9. The highest BCUT2D eigenvalue weighted by molar-refractivity contribution is 5.70. The van der Waals surface area contributed by atoms with E-state index in [9.17, 15) is 4.79 Å². The number of hydrogen-bond donors (Lipinski definition) is 0. The van der Waals surface area contributed by atoms with Crippen LogP contribution in [0.2, 0.25) is 0 Å². The van der Waals surface area contributed by atoms with E-state index in [1.54, 1.807) is 0 Å². The van der Waals surface area contributed by atoms with Crippen molar-refractivity contribution in [2.45, 2.75) is 64.0 Å². The summed E-state index contributed by atoms with van der Waals surface area (Å²) in [6.07, 6.45) is 5.93. The predicted octanol–water partition coefficient (Wildman–Crippen LogP) is 2.94. The smallest absolute Gasteiger partial charge is 0.410 e. The molecule has 1 aliphatic carbocycles. The molecule has 3 nitrogen and oxygen atoms in total. The minimum Gasteiger partial charge on any atom is -0.444 e. The highest BCUT2D eigenvalue weighted by Crippen LogP contribution is 2.45. The summed E-state index contributed by atoms with van der Waals surface area (Å²) in [5.41, 5.74) is -0.186. The van der Waals surface area contributed by atoms with Gasteiger partial charge in [0.25, 0.3) is 0 Å². The molecule has 0 atom stereocenters. The first-order chi connectivity index (χ1) is 6.93. The zero-order valence-corrected chi connectivity index (χ0v) is 10.0. The lowest BCUT2D eigenvalue weighted by atomic mass is 9.83. The number of ether oxygens (including phenoxy) is 1. The fraction of sp³-hybridized carbons (Fsp3) is 0.917. The number of carbonyl (C=O) groups is 1. The molecule has 2 aliphatic rings. The van der Waals surface area contributed by atoms with Crippen LogP contribution in [0, 0.1) is 0 Å². The third kappa shape index (κ3) is 1.97. The summed E-state index contributed by atoms with van der Waals surface area (Å²) in [6.45, 7) is 6.65. The van der Waals surface area contributed by atoms with E-state index in [0.717, 1.165) is 6.54 Å². The lowest BCUT2D eigenvalue weighted by Gasteiger charge is -2.50. The number of hydrogen-bond acceptors (Lipinski definition) is 2. The molecule has 3 heteroatoms. The van der Waals surface area contributed by atoms with Gasteiger partial charge in [-0.05, 0) is 40.0 Å². The Bertz CT molecular complexity index is 261. The quantitative estimate of drug-likeness (QED) is 0.616. The van der Waals surface area contributed by atoms with Gasteiger partial charge in [0.05, 0.1) is 0 Å². The Balaban J connectivity index is 1.97. The summed E-state index contributed by atoms with van der Waals surface area (Å²) in [4.78, 5) is 13.9. The second-order valence-electron chi connectivity index (χ2n) is 5.81. The first-order valence-electron chi connectivity index (χ1n) is 5.94. The van der Waals surface area contributed by atoms with Crippen LogP contribution >= 0.6 is 0 Å². The van der Waals surface area contributed by atoms with E-state index in [4.69, 9.17) is 4.74 Å². The van der Waals surface area contributed by atoms with Crippen LogP contribution in [0.1, 0.15) is 52.9 Å². The molecular formula is C12H21NO2. The molecule has 86 valence electrons. The first kappa shape index (κ1) is 10.8. The highest BCUT2D eigenvalue weighted by Gasteiger charge is 2.50. The minimum absolute atomic E-state index is 0.115. The van der Waals surface area contributed by atoms with Gasteiger partial charge in [-0.2, -0.15) is 0 Å². The van der Waals surface area contributed by atoms with Crippen LogP contribution in [0.4, 0.5) is 4.79 Å². The largest absolute Gasteiger partial charge is 0.444 e. The van der Waals surface area contributed by atoms with E-state index in [1.165, 1.54) is 32.1 Å². The van der Waals surface area contributed by atoms with Crippen molar-refractivity contribution in [1.82, 2.24) is 4.90 Å². The molecule has 2 rings (SSSR count). The second kappa shape index (κ2) is 3.39. The van der Waals surface area contributed by atoms with Crippen LogP contribution < -0.4 is 0 Å². The summed E-state index contributed by atoms with van der Waals surface area (Å²) in [5.74, 6) is 0. The third-order valence-electron chi connectivity index (χ3n) is 3.52. The topological polar surface area (TPSA) is 29.5 Å². The predicted molar refractivity (Wildman–Crippen MR) is 58.8 cm³/mol. The van der Waals surface area contributed by atoms with Crippen LogP contribution in [-0.2, 0) is 4.74 Å². The molecule has 1 aliphatic heterocycles. The first-order valence-corrected chi connectivity index (χ1v) is 5.94. The van der Waals surface area contributed by atoms with Crippen LogP contribution in [-0.4, -0.2) is 28.7 Å². The van der Waals surface area contributed by atoms with E-state index in [-0.39, 0.29) is 17.2 Å². The zero-order valence-electron chi connectivity index (χ0n) is 10.0. The molecule has 0 aromatic heterocycles. The molecular weight excluding hydrogens is 190 g/mol. The van der Waals surface area contributed by atoms with Gasteiger partial charge in [-0.15, -0.1) is 0 Å². The minimum atomic E-state index is -0.369. The molecule has 1 heterocycles. The van der Waals surface area contributed by atoms with Gasteiger partial charge in [-0.25, -0.2) is 4.79 Å². The van der Waals surface area contributed by atoms with Gasteiger partial charge in [-0.3, -0.25) is 0 Å². The van der Waals surface area contributed by atoms with Crippen molar-refractivity contribution in [3.05, 3.63) is 0 Å². The van der Waals surface area contributed by atoms with Crippen LogP contribution in [0.3, 0.4) is 0 Å². The lowest BCUT2D eigenvalue weighted by Crippen LogP contribution is -2.61. The van der Waals surface area contributed by atoms with Crippen molar-refractivity contribution >= 4 is 6.09 Å². The van der Waals surface area contributed by atoms with Gasteiger partial charge in [0.1, 0.15) is 5.60 Å². The molecule has 0 aromatic carbocycles. The van der Waals surface area contributed by atoms with Gasteiger partial charge < -0.3 is 9.64 Å². The normalized spacial score (nSPS) is 24.1. The number of rotatable bonds is 0. The Morgan fingerprint density at radius 2 is 1.80 bits per heavy atom. The SMILES string of the molecule is CC(C)(C)OC(=O)N1CCC12CCCC2. The van der Waals surface area contributed by atoms with Crippen molar-refractivity contribution in [2.24, 2.45) is 0 Å². The number of likely N-dealkylation sites (tertiary alicyclic amines) is 1. The summed E-state index contributed by atoms with van der Waals surface area (Å²) >= 11 is 0. The van der Waals surface area contributed by atoms with Crippen LogP contribution in [0.15, 0.2) is 0 Å². The molecule has 1 spiro atoms. The van der Waals surface area contributed by atoms with Crippen molar-refractivity contribution < 1.29 is 9.53 Å². The van der Waals surface area contributed by atoms with Crippen LogP contribution in [0.25, 0.3) is 0 Å². The van der Waals surface area contributed by atoms with Crippen molar-refractivity contribution in [3.63, 3.8) is 0 Å². The van der Waals surface area contributed by atoms with Gasteiger partial charge in [0, 0.05) is 12.1 Å². The Labute approximate surface area is 91.8 Å².